The van der Waals surface area contributed by atoms with Crippen LogP contribution in [0, 0.1) is 11.8 Å². The summed E-state index contributed by atoms with van der Waals surface area (Å²) >= 11 is 0. The predicted molar refractivity (Wildman–Crippen MR) is 44.9 cm³/mol. The van der Waals surface area contributed by atoms with Crippen LogP contribution in [0.4, 0.5) is 4.39 Å². The zero-order valence-electron chi connectivity index (χ0n) is 7.63. The fraction of sp³-hybridized carbons (Fsp3) is 0.889. The number of halogens is 1. The van der Waals surface area contributed by atoms with Gasteiger partial charge in [0.25, 0.3) is 0 Å². The van der Waals surface area contributed by atoms with Crippen molar-refractivity contribution in [2.75, 3.05) is 13.2 Å². The van der Waals surface area contributed by atoms with Gasteiger partial charge in [0.1, 0.15) is 6.17 Å². The van der Waals surface area contributed by atoms with Gasteiger partial charge in [-0.2, -0.15) is 0 Å². The Labute approximate surface area is 76.6 Å². The molecule has 0 aromatic carbocycles. The van der Waals surface area contributed by atoms with Crippen LogP contribution >= 0.6 is 0 Å². The Morgan fingerprint density at radius 3 is 2.92 bits per heavy atom. The maximum Gasteiger partial charge on any atom is 0.310 e. The van der Waals surface area contributed by atoms with Crippen LogP contribution in [0.1, 0.15) is 13.3 Å². The van der Waals surface area contributed by atoms with Gasteiger partial charge in [-0.3, -0.25) is 4.79 Å². The molecule has 0 unspecified atom stereocenters. The summed E-state index contributed by atoms with van der Waals surface area (Å²) < 4.78 is 18.1. The Morgan fingerprint density at radius 2 is 2.46 bits per heavy atom. The molecule has 0 aromatic rings. The number of nitrogens with one attached hydrogen (secondary N) is 1. The molecule has 2 fully saturated rings. The zero-order chi connectivity index (χ0) is 9.42. The smallest absolute Gasteiger partial charge is 0.310 e. The van der Waals surface area contributed by atoms with E-state index in [9.17, 15) is 9.18 Å². The molecular formula is C9H14FNO2. The lowest BCUT2D eigenvalue weighted by Crippen LogP contribution is -2.37. The standard InChI is InChI=1S/C9H14FNO2/c1-2-13-9(12)7-5-3-6(10)8(7)11-4-5/h5-8,11H,2-4H2,1H3/t5-,6-,7-,8-/m1/s1. The van der Waals surface area contributed by atoms with Crippen molar-refractivity contribution < 1.29 is 13.9 Å². The van der Waals surface area contributed by atoms with Gasteiger partial charge in [-0.05, 0) is 25.8 Å². The highest BCUT2D eigenvalue weighted by Crippen LogP contribution is 2.39. The van der Waals surface area contributed by atoms with E-state index in [1.165, 1.54) is 0 Å². The summed E-state index contributed by atoms with van der Waals surface area (Å²) in [5.74, 6) is -0.323. The summed E-state index contributed by atoms with van der Waals surface area (Å²) in [6.07, 6.45) is -0.352. The number of rotatable bonds is 2. The molecule has 2 rings (SSSR count). The Bertz CT molecular complexity index is 222. The molecule has 1 aliphatic heterocycles. The summed E-state index contributed by atoms with van der Waals surface area (Å²) in [5, 5.41) is 3.02. The number of ether oxygens (including phenoxy) is 1. The Hall–Kier alpha value is -0.640. The average Bonchev–Trinajstić information content (AvgIpc) is 2.60. The number of carbonyl (C=O) groups excluding carboxylic acids is 1. The van der Waals surface area contributed by atoms with Crippen LogP contribution in [0.15, 0.2) is 0 Å². The van der Waals surface area contributed by atoms with Gasteiger partial charge in [-0.15, -0.1) is 0 Å². The van der Waals surface area contributed by atoms with Crippen molar-refractivity contribution in [3.05, 3.63) is 0 Å². The Kier molecular flexibility index (Phi) is 2.24. The number of alkyl halides is 1. The van der Waals surface area contributed by atoms with Crippen molar-refractivity contribution in [1.29, 1.82) is 0 Å². The van der Waals surface area contributed by atoms with Crippen molar-refractivity contribution in [2.24, 2.45) is 11.8 Å². The molecule has 0 spiro atoms. The average molecular weight is 187 g/mol. The molecule has 1 aliphatic carbocycles. The topological polar surface area (TPSA) is 38.3 Å². The van der Waals surface area contributed by atoms with E-state index in [2.05, 4.69) is 5.32 Å². The molecule has 2 aliphatic rings. The molecule has 13 heavy (non-hydrogen) atoms. The first kappa shape index (κ1) is 8.94. The number of hydrogen-bond donors (Lipinski definition) is 1. The van der Waals surface area contributed by atoms with Gasteiger partial charge in [0.15, 0.2) is 0 Å². The van der Waals surface area contributed by atoms with E-state index in [1.54, 1.807) is 6.92 Å². The predicted octanol–water partition coefficient (Wildman–Crippen LogP) is 0.495. The van der Waals surface area contributed by atoms with Crippen LogP contribution in [0.25, 0.3) is 0 Å². The largest absolute Gasteiger partial charge is 0.466 e. The third-order valence-corrected chi connectivity index (χ3v) is 2.99. The molecule has 0 radical (unpaired) electrons. The van der Waals surface area contributed by atoms with Crippen LogP contribution in [-0.4, -0.2) is 31.3 Å². The number of esters is 1. The third kappa shape index (κ3) is 1.33. The van der Waals surface area contributed by atoms with E-state index >= 15 is 0 Å². The van der Waals surface area contributed by atoms with E-state index in [1.807, 2.05) is 0 Å². The van der Waals surface area contributed by atoms with Gasteiger partial charge in [-0.25, -0.2) is 4.39 Å². The van der Waals surface area contributed by atoms with Crippen LogP contribution < -0.4 is 5.32 Å². The highest BCUT2D eigenvalue weighted by atomic mass is 19.1. The number of fused-ring (bicyclic) bond motifs is 2. The molecule has 1 saturated carbocycles. The van der Waals surface area contributed by atoms with Crippen molar-refractivity contribution in [3.8, 4) is 0 Å². The molecule has 0 amide bonds. The monoisotopic (exact) mass is 187 g/mol. The normalized spacial score (nSPS) is 42.3. The van der Waals surface area contributed by atoms with Gasteiger partial charge in [0, 0.05) is 0 Å². The zero-order valence-corrected chi connectivity index (χ0v) is 7.63. The van der Waals surface area contributed by atoms with Gasteiger partial charge >= 0.3 is 5.97 Å². The second-order valence-corrected chi connectivity index (χ2v) is 3.72. The highest BCUT2D eigenvalue weighted by molar-refractivity contribution is 5.75. The minimum Gasteiger partial charge on any atom is -0.466 e. The van der Waals surface area contributed by atoms with Crippen molar-refractivity contribution in [1.82, 2.24) is 5.32 Å². The lowest BCUT2D eigenvalue weighted by atomic mass is 9.99. The summed E-state index contributed by atoms with van der Waals surface area (Å²) in [4.78, 5) is 11.4. The quantitative estimate of drug-likeness (QED) is 0.639. The Balaban J connectivity index is 2.04. The van der Waals surface area contributed by atoms with E-state index in [4.69, 9.17) is 4.74 Å². The second kappa shape index (κ2) is 3.25. The minimum atomic E-state index is -0.867. The summed E-state index contributed by atoms with van der Waals surface area (Å²) in [6.45, 7) is 2.91. The van der Waals surface area contributed by atoms with E-state index < -0.39 is 6.17 Å². The summed E-state index contributed by atoms with van der Waals surface area (Å²) in [5.41, 5.74) is 0. The molecule has 4 atom stereocenters. The lowest BCUT2D eigenvalue weighted by Gasteiger charge is -2.15. The van der Waals surface area contributed by atoms with Crippen LogP contribution in [0.5, 0.6) is 0 Å². The molecule has 0 aromatic heterocycles. The van der Waals surface area contributed by atoms with E-state index in [0.29, 0.717) is 13.0 Å². The molecule has 4 heteroatoms. The molecule has 1 saturated heterocycles. The molecule has 3 nitrogen and oxygen atoms in total. The summed E-state index contributed by atoms with van der Waals surface area (Å²) in [6, 6.07) is -0.288. The van der Waals surface area contributed by atoms with Crippen LogP contribution in [0.3, 0.4) is 0 Å². The first-order valence-corrected chi connectivity index (χ1v) is 4.78. The molecule has 1 N–H and O–H groups in total. The number of hydrogen-bond acceptors (Lipinski definition) is 3. The molecule has 1 heterocycles. The first-order chi connectivity index (χ1) is 6.24. The highest BCUT2D eigenvalue weighted by Gasteiger charge is 2.52. The van der Waals surface area contributed by atoms with E-state index in [-0.39, 0.29) is 23.8 Å². The molecule has 74 valence electrons. The summed E-state index contributed by atoms with van der Waals surface area (Å²) in [7, 11) is 0. The molecular weight excluding hydrogens is 173 g/mol. The second-order valence-electron chi connectivity index (χ2n) is 3.72. The van der Waals surface area contributed by atoms with Crippen LogP contribution in [-0.2, 0) is 9.53 Å². The molecule has 2 bridgehead atoms. The number of piperidine rings is 1. The first-order valence-electron chi connectivity index (χ1n) is 4.78. The van der Waals surface area contributed by atoms with Gasteiger partial charge in [0.05, 0.1) is 18.6 Å². The van der Waals surface area contributed by atoms with Crippen molar-refractivity contribution in [3.63, 3.8) is 0 Å². The SMILES string of the molecule is CCOC(=O)[C@@H]1[C@H]2CN[C@@H]1[C@H](F)C2. The lowest BCUT2D eigenvalue weighted by molar-refractivity contribution is -0.148. The van der Waals surface area contributed by atoms with Crippen LogP contribution in [0.2, 0.25) is 0 Å². The third-order valence-electron chi connectivity index (χ3n) is 2.99. The fourth-order valence-electron chi connectivity index (χ4n) is 2.43. The number of carbonyl (C=O) groups is 1. The van der Waals surface area contributed by atoms with Crippen molar-refractivity contribution >= 4 is 5.97 Å². The maximum absolute atomic E-state index is 13.2. The Morgan fingerprint density at radius 1 is 1.69 bits per heavy atom. The van der Waals surface area contributed by atoms with Gasteiger partial charge < -0.3 is 10.1 Å². The minimum absolute atomic E-state index is 0.152. The fourth-order valence-corrected chi connectivity index (χ4v) is 2.43. The van der Waals surface area contributed by atoms with Crippen molar-refractivity contribution in [2.45, 2.75) is 25.6 Å². The van der Waals surface area contributed by atoms with Gasteiger partial charge in [-0.1, -0.05) is 0 Å². The van der Waals surface area contributed by atoms with Gasteiger partial charge in [0.2, 0.25) is 0 Å². The van der Waals surface area contributed by atoms with E-state index in [0.717, 1.165) is 6.54 Å². The maximum atomic E-state index is 13.2.